The molecule has 156 valence electrons. The van der Waals surface area contributed by atoms with E-state index in [9.17, 15) is 0 Å². The van der Waals surface area contributed by atoms with Crippen molar-refractivity contribution in [3.05, 3.63) is 34.0 Å². The van der Waals surface area contributed by atoms with Crippen molar-refractivity contribution in [2.45, 2.75) is 32.6 Å². The maximum Gasteiger partial charge on any atom is 0.180 e. The molecule has 0 aliphatic carbocycles. The summed E-state index contributed by atoms with van der Waals surface area (Å²) in [5.74, 6) is 1.80. The predicted octanol–water partition coefficient (Wildman–Crippen LogP) is 7.27. The van der Waals surface area contributed by atoms with Gasteiger partial charge in [-0.15, -0.1) is 34.0 Å². The first-order valence-electron chi connectivity index (χ1n) is 10.0. The van der Waals surface area contributed by atoms with Crippen LogP contribution in [0, 0.1) is 0 Å². The van der Waals surface area contributed by atoms with Gasteiger partial charge in [-0.3, -0.25) is 0 Å². The number of ether oxygens (including phenoxy) is 3. The molecule has 0 saturated heterocycles. The average molecular weight is 514 g/mol. The normalized spacial score (nSPS) is 13.2. The lowest BCUT2D eigenvalue weighted by Crippen LogP contribution is -2.14. The molecule has 3 aromatic heterocycles. The molecule has 0 radical (unpaired) electrons. The standard InChI is InChI=1S/C22H25BrO3S3/c1-2-15-6-12-27-20(15)18-13-16(5-9-24-8-4-3-7-23)21(29-18)22-19-17(14-28-22)25-10-11-26-19/h6,12-14H,2-5,7-11H2,1H3. The van der Waals surface area contributed by atoms with Crippen LogP contribution in [0.2, 0.25) is 0 Å². The van der Waals surface area contributed by atoms with Crippen molar-refractivity contribution in [2.75, 3.05) is 31.8 Å². The third kappa shape index (κ3) is 4.90. The minimum absolute atomic E-state index is 0.617. The molecule has 29 heavy (non-hydrogen) atoms. The monoisotopic (exact) mass is 512 g/mol. The molecule has 7 heteroatoms. The van der Waals surface area contributed by atoms with Gasteiger partial charge in [0.2, 0.25) is 0 Å². The molecule has 0 spiro atoms. The molecule has 4 heterocycles. The third-order valence-corrected chi connectivity index (χ3v) is 8.83. The number of unbranched alkanes of at least 4 members (excludes halogenated alkanes) is 1. The summed E-state index contributed by atoms with van der Waals surface area (Å²) in [6.07, 6.45) is 4.24. The molecular weight excluding hydrogens is 488 g/mol. The van der Waals surface area contributed by atoms with Gasteiger partial charge in [-0.1, -0.05) is 22.9 Å². The van der Waals surface area contributed by atoms with E-state index in [0.29, 0.717) is 13.2 Å². The van der Waals surface area contributed by atoms with E-state index < -0.39 is 0 Å². The second kappa shape index (κ2) is 10.4. The Labute approximate surface area is 192 Å². The molecule has 1 aliphatic heterocycles. The number of thiophene rings is 3. The van der Waals surface area contributed by atoms with Crippen LogP contribution in [0.4, 0.5) is 0 Å². The fraction of sp³-hybridized carbons (Fsp3) is 0.455. The Kier molecular flexibility index (Phi) is 7.70. The first kappa shape index (κ1) is 21.4. The maximum atomic E-state index is 5.98. The number of rotatable bonds is 10. The number of fused-ring (bicyclic) bond motifs is 1. The van der Waals surface area contributed by atoms with Crippen molar-refractivity contribution in [3.8, 4) is 31.0 Å². The molecule has 0 bridgehead atoms. The van der Waals surface area contributed by atoms with Crippen molar-refractivity contribution in [2.24, 2.45) is 0 Å². The molecule has 1 aliphatic rings. The Morgan fingerprint density at radius 1 is 1.03 bits per heavy atom. The second-order valence-corrected chi connectivity index (χ2v) is 10.4. The summed E-state index contributed by atoms with van der Waals surface area (Å²) in [6, 6.07) is 4.61. The van der Waals surface area contributed by atoms with Crippen LogP contribution in [0.15, 0.2) is 22.9 Å². The first-order chi connectivity index (χ1) is 14.3. The summed E-state index contributed by atoms with van der Waals surface area (Å²) < 4.78 is 17.7. The first-order valence-corrected chi connectivity index (χ1v) is 13.7. The predicted molar refractivity (Wildman–Crippen MR) is 129 cm³/mol. The topological polar surface area (TPSA) is 27.7 Å². The minimum atomic E-state index is 0.617. The summed E-state index contributed by atoms with van der Waals surface area (Å²) in [5, 5.41) is 5.32. The van der Waals surface area contributed by atoms with E-state index in [-0.39, 0.29) is 0 Å². The molecule has 0 atom stereocenters. The van der Waals surface area contributed by atoms with Gasteiger partial charge in [0, 0.05) is 27.1 Å². The lowest BCUT2D eigenvalue weighted by molar-refractivity contribution is 0.134. The highest BCUT2D eigenvalue weighted by Crippen LogP contribution is 2.51. The Balaban J connectivity index is 1.61. The SMILES string of the molecule is CCc1ccsc1-c1cc(CCOCCCCBr)c(-c2scc3c2OCCO3)s1. The molecule has 4 rings (SSSR count). The average Bonchev–Trinajstić information content (AvgIpc) is 3.47. The van der Waals surface area contributed by atoms with Gasteiger partial charge < -0.3 is 14.2 Å². The summed E-state index contributed by atoms with van der Waals surface area (Å²) in [7, 11) is 0. The van der Waals surface area contributed by atoms with Gasteiger partial charge >= 0.3 is 0 Å². The molecule has 0 fully saturated rings. The Bertz CT molecular complexity index is 928. The van der Waals surface area contributed by atoms with E-state index in [1.807, 2.05) is 22.7 Å². The Hall–Kier alpha value is -0.860. The van der Waals surface area contributed by atoms with Gasteiger partial charge in [-0.25, -0.2) is 0 Å². The summed E-state index contributed by atoms with van der Waals surface area (Å²) >= 11 is 8.90. The fourth-order valence-corrected chi connectivity index (χ4v) is 7.22. The van der Waals surface area contributed by atoms with Crippen LogP contribution < -0.4 is 9.47 Å². The van der Waals surface area contributed by atoms with Gasteiger partial charge in [0.15, 0.2) is 11.5 Å². The Morgan fingerprint density at radius 2 is 1.93 bits per heavy atom. The van der Waals surface area contributed by atoms with E-state index in [0.717, 1.165) is 55.7 Å². The molecule has 0 aromatic carbocycles. The molecule has 0 amide bonds. The number of alkyl halides is 1. The van der Waals surface area contributed by atoms with Gasteiger partial charge in [-0.2, -0.15) is 0 Å². The van der Waals surface area contributed by atoms with Crippen molar-refractivity contribution in [1.29, 1.82) is 0 Å². The quantitative estimate of drug-likeness (QED) is 0.211. The number of aryl methyl sites for hydroxylation is 1. The Morgan fingerprint density at radius 3 is 2.79 bits per heavy atom. The molecular formula is C22H25BrO3S3. The molecule has 0 N–H and O–H groups in total. The molecule has 3 nitrogen and oxygen atoms in total. The lowest BCUT2D eigenvalue weighted by Gasteiger charge is -2.16. The highest BCUT2D eigenvalue weighted by atomic mass is 79.9. The van der Waals surface area contributed by atoms with E-state index in [1.54, 1.807) is 11.3 Å². The highest BCUT2D eigenvalue weighted by Gasteiger charge is 2.24. The van der Waals surface area contributed by atoms with Gasteiger partial charge in [0.25, 0.3) is 0 Å². The van der Waals surface area contributed by atoms with Crippen molar-refractivity contribution < 1.29 is 14.2 Å². The van der Waals surface area contributed by atoms with E-state index in [4.69, 9.17) is 14.2 Å². The zero-order valence-electron chi connectivity index (χ0n) is 16.5. The summed E-state index contributed by atoms with van der Waals surface area (Å²) in [5.41, 5.74) is 2.77. The zero-order chi connectivity index (χ0) is 20.1. The largest absolute Gasteiger partial charge is 0.485 e. The minimum Gasteiger partial charge on any atom is -0.485 e. The van der Waals surface area contributed by atoms with Crippen LogP contribution in [0.3, 0.4) is 0 Å². The molecule has 3 aromatic rings. The van der Waals surface area contributed by atoms with E-state index in [2.05, 4.69) is 45.7 Å². The molecule has 0 unspecified atom stereocenters. The number of hydrogen-bond donors (Lipinski definition) is 0. The van der Waals surface area contributed by atoms with Crippen LogP contribution in [0.1, 0.15) is 30.9 Å². The summed E-state index contributed by atoms with van der Waals surface area (Å²) in [6.45, 7) is 5.05. The zero-order valence-corrected chi connectivity index (χ0v) is 20.5. The third-order valence-electron chi connectivity index (χ3n) is 4.86. The fourth-order valence-electron chi connectivity index (χ4n) is 3.35. The summed E-state index contributed by atoms with van der Waals surface area (Å²) in [4.78, 5) is 5.24. The number of halogens is 1. The van der Waals surface area contributed by atoms with Crippen LogP contribution in [-0.2, 0) is 17.6 Å². The highest BCUT2D eigenvalue weighted by molar-refractivity contribution is 9.09. The van der Waals surface area contributed by atoms with E-state index in [1.165, 1.54) is 30.6 Å². The van der Waals surface area contributed by atoms with Gasteiger partial charge in [0.1, 0.15) is 13.2 Å². The molecule has 0 saturated carbocycles. The smallest absolute Gasteiger partial charge is 0.180 e. The van der Waals surface area contributed by atoms with Gasteiger partial charge in [-0.05, 0) is 54.3 Å². The lowest BCUT2D eigenvalue weighted by atomic mass is 10.1. The van der Waals surface area contributed by atoms with Gasteiger partial charge in [0.05, 0.1) is 16.4 Å². The van der Waals surface area contributed by atoms with Crippen molar-refractivity contribution >= 4 is 49.9 Å². The van der Waals surface area contributed by atoms with E-state index >= 15 is 0 Å². The second-order valence-electron chi connectivity index (χ2n) is 6.81. The van der Waals surface area contributed by atoms with Crippen LogP contribution in [-0.4, -0.2) is 31.8 Å². The van der Waals surface area contributed by atoms with Crippen LogP contribution in [0.5, 0.6) is 11.5 Å². The van der Waals surface area contributed by atoms with Crippen LogP contribution in [0.25, 0.3) is 19.5 Å². The van der Waals surface area contributed by atoms with Crippen molar-refractivity contribution in [1.82, 2.24) is 0 Å². The number of hydrogen-bond acceptors (Lipinski definition) is 6. The van der Waals surface area contributed by atoms with Crippen molar-refractivity contribution in [3.63, 3.8) is 0 Å². The maximum absolute atomic E-state index is 5.98. The van der Waals surface area contributed by atoms with Crippen LogP contribution >= 0.6 is 49.9 Å².